The van der Waals surface area contributed by atoms with Crippen LogP contribution in [0.1, 0.15) is 13.8 Å². The van der Waals surface area contributed by atoms with Gasteiger partial charge in [0.2, 0.25) is 10.0 Å². The van der Waals surface area contributed by atoms with Crippen LogP contribution in [-0.4, -0.2) is 52.9 Å². The van der Waals surface area contributed by atoms with E-state index in [0.717, 1.165) is 12.3 Å². The molecule has 9 heteroatoms. The first-order valence-electron chi connectivity index (χ1n) is 7.74. The number of hydrogen-bond donors (Lipinski definition) is 3. The van der Waals surface area contributed by atoms with E-state index in [2.05, 4.69) is 20.3 Å². The van der Waals surface area contributed by atoms with Gasteiger partial charge in [-0.2, -0.15) is 0 Å². The fraction of sp³-hybridized carbons (Fsp3) is 0.533. The van der Waals surface area contributed by atoms with E-state index in [0.29, 0.717) is 25.7 Å². The predicted octanol–water partition coefficient (Wildman–Crippen LogP) is 1.18. The lowest BCUT2D eigenvalue weighted by atomic mass is 10.3. The summed E-state index contributed by atoms with van der Waals surface area (Å²) >= 11 is 0. The van der Waals surface area contributed by atoms with Gasteiger partial charge in [-0.1, -0.05) is 18.2 Å². The molecule has 0 spiro atoms. The highest BCUT2D eigenvalue weighted by molar-refractivity contribution is 14.0. The number of benzene rings is 1. The van der Waals surface area contributed by atoms with E-state index in [1.807, 2.05) is 37.3 Å². The second-order valence-corrected chi connectivity index (χ2v) is 6.74. The summed E-state index contributed by atoms with van der Waals surface area (Å²) in [6, 6.07) is 9.59. The van der Waals surface area contributed by atoms with Crippen molar-refractivity contribution in [1.29, 1.82) is 0 Å². The maximum Gasteiger partial charge on any atom is 0.211 e. The Hall–Kier alpha value is -1.07. The van der Waals surface area contributed by atoms with Crippen LogP contribution in [-0.2, 0) is 10.0 Å². The van der Waals surface area contributed by atoms with Gasteiger partial charge in [-0.3, -0.25) is 4.99 Å². The number of aliphatic imine (C=N–C) groups is 1. The molecule has 0 aliphatic heterocycles. The highest BCUT2D eigenvalue weighted by atomic mass is 127. The van der Waals surface area contributed by atoms with Crippen molar-refractivity contribution in [1.82, 2.24) is 15.4 Å². The number of guanidine groups is 1. The number of ether oxygens (including phenoxy) is 1. The summed E-state index contributed by atoms with van der Waals surface area (Å²) < 4.78 is 30.7. The lowest BCUT2D eigenvalue weighted by Crippen LogP contribution is -2.40. The van der Waals surface area contributed by atoms with Gasteiger partial charge in [0.05, 0.1) is 18.8 Å². The second-order valence-electron chi connectivity index (χ2n) is 4.65. The van der Waals surface area contributed by atoms with Gasteiger partial charge in [0.25, 0.3) is 0 Å². The van der Waals surface area contributed by atoms with Gasteiger partial charge in [0.1, 0.15) is 12.4 Å². The molecule has 0 fully saturated rings. The average molecular weight is 470 g/mol. The van der Waals surface area contributed by atoms with Crippen LogP contribution < -0.4 is 20.1 Å². The maximum absolute atomic E-state index is 11.3. The minimum absolute atomic E-state index is 0. The van der Waals surface area contributed by atoms with Gasteiger partial charge in [-0.15, -0.1) is 24.0 Å². The number of halogens is 1. The molecule has 0 saturated carbocycles. The Labute approximate surface area is 161 Å². The molecule has 1 rings (SSSR count). The number of hydrogen-bond acceptors (Lipinski definition) is 4. The molecule has 0 heterocycles. The topological polar surface area (TPSA) is 91.8 Å². The molecular weight excluding hydrogens is 443 g/mol. The van der Waals surface area contributed by atoms with Crippen molar-refractivity contribution in [3.8, 4) is 5.75 Å². The van der Waals surface area contributed by atoms with E-state index >= 15 is 0 Å². The zero-order valence-corrected chi connectivity index (χ0v) is 17.3. The molecule has 0 aromatic heterocycles. The average Bonchev–Trinajstić information content (AvgIpc) is 2.56. The molecule has 7 nitrogen and oxygen atoms in total. The van der Waals surface area contributed by atoms with Crippen LogP contribution in [0.5, 0.6) is 5.75 Å². The normalized spacial score (nSPS) is 11.5. The fourth-order valence-electron chi connectivity index (χ4n) is 1.67. The van der Waals surface area contributed by atoms with E-state index in [-0.39, 0.29) is 36.3 Å². The monoisotopic (exact) mass is 470 g/mol. The predicted molar refractivity (Wildman–Crippen MR) is 109 cm³/mol. The van der Waals surface area contributed by atoms with Gasteiger partial charge >= 0.3 is 0 Å². The van der Waals surface area contributed by atoms with E-state index in [9.17, 15) is 8.42 Å². The summed E-state index contributed by atoms with van der Waals surface area (Å²) in [7, 11) is -3.16. The Kier molecular flexibility index (Phi) is 12.7. The third kappa shape index (κ3) is 10.7. The third-order valence-electron chi connectivity index (χ3n) is 2.83. The van der Waals surface area contributed by atoms with E-state index < -0.39 is 10.0 Å². The van der Waals surface area contributed by atoms with Crippen molar-refractivity contribution >= 4 is 40.0 Å². The zero-order valence-electron chi connectivity index (χ0n) is 14.1. The lowest BCUT2D eigenvalue weighted by Gasteiger charge is -2.12. The Morgan fingerprint density at radius 1 is 1.12 bits per heavy atom. The highest BCUT2D eigenvalue weighted by Crippen LogP contribution is 2.07. The summed E-state index contributed by atoms with van der Waals surface area (Å²) in [5.41, 5.74) is 0. The van der Waals surface area contributed by atoms with E-state index in [1.165, 1.54) is 0 Å². The van der Waals surface area contributed by atoms with Gasteiger partial charge in [0.15, 0.2) is 5.96 Å². The quantitative estimate of drug-likeness (QED) is 0.207. The Morgan fingerprint density at radius 2 is 1.83 bits per heavy atom. The van der Waals surface area contributed by atoms with Gasteiger partial charge in [-0.05, 0) is 26.0 Å². The highest BCUT2D eigenvalue weighted by Gasteiger charge is 2.04. The number of nitrogens with one attached hydrogen (secondary N) is 3. The van der Waals surface area contributed by atoms with Crippen LogP contribution in [0.15, 0.2) is 35.3 Å². The summed E-state index contributed by atoms with van der Waals surface area (Å²) in [5, 5.41) is 6.24. The molecule has 1 aromatic rings. The Balaban J connectivity index is 0.00000529. The van der Waals surface area contributed by atoms with E-state index in [4.69, 9.17) is 4.74 Å². The zero-order chi connectivity index (χ0) is 17.0. The van der Waals surface area contributed by atoms with Crippen molar-refractivity contribution in [2.45, 2.75) is 13.8 Å². The molecule has 0 bridgehead atoms. The summed E-state index contributed by atoms with van der Waals surface area (Å²) in [6.07, 6.45) is 0. The Morgan fingerprint density at radius 3 is 2.46 bits per heavy atom. The van der Waals surface area contributed by atoms with Gasteiger partial charge in [0, 0.05) is 13.1 Å². The molecule has 0 aliphatic carbocycles. The molecule has 1 aromatic carbocycles. The lowest BCUT2D eigenvalue weighted by molar-refractivity contribution is 0.322. The first-order chi connectivity index (χ1) is 11.1. The molecule has 24 heavy (non-hydrogen) atoms. The summed E-state index contributed by atoms with van der Waals surface area (Å²) in [5.74, 6) is 1.54. The molecule has 0 unspecified atom stereocenters. The van der Waals surface area contributed by atoms with Crippen molar-refractivity contribution in [2.75, 3.05) is 38.5 Å². The van der Waals surface area contributed by atoms with Crippen LogP contribution in [0.2, 0.25) is 0 Å². The van der Waals surface area contributed by atoms with Crippen molar-refractivity contribution < 1.29 is 13.2 Å². The molecule has 0 atom stereocenters. The number of para-hydroxylation sites is 1. The first-order valence-corrected chi connectivity index (χ1v) is 9.40. The minimum Gasteiger partial charge on any atom is -0.492 e. The van der Waals surface area contributed by atoms with Gasteiger partial charge in [-0.25, -0.2) is 13.1 Å². The van der Waals surface area contributed by atoms with Crippen LogP contribution in [0.25, 0.3) is 0 Å². The molecule has 0 saturated heterocycles. The standard InChI is InChI=1S/C15H26N4O3S.HI/c1-3-16-15(17-10-11-19-23(20,21)4-2)18-12-13-22-14-8-6-5-7-9-14;/h5-9,19H,3-4,10-13H2,1-2H3,(H2,16,17,18);1H. The van der Waals surface area contributed by atoms with E-state index in [1.54, 1.807) is 6.92 Å². The molecular formula is C15H27IN4O3S. The SMILES string of the molecule is CCNC(=NCCNS(=O)(=O)CC)NCCOc1ccccc1.I. The van der Waals surface area contributed by atoms with Crippen LogP contribution in [0, 0.1) is 0 Å². The molecule has 0 radical (unpaired) electrons. The molecule has 138 valence electrons. The Bertz CT molecular complexity index is 567. The van der Waals surface area contributed by atoms with Crippen molar-refractivity contribution in [2.24, 2.45) is 4.99 Å². The summed E-state index contributed by atoms with van der Waals surface area (Å²) in [6.45, 7) is 6.06. The molecule has 3 N–H and O–H groups in total. The third-order valence-corrected chi connectivity index (χ3v) is 4.24. The minimum atomic E-state index is -3.16. The first kappa shape index (κ1) is 22.9. The number of nitrogens with zero attached hydrogens (tertiary/aromatic N) is 1. The number of rotatable bonds is 10. The van der Waals surface area contributed by atoms with Gasteiger partial charge < -0.3 is 15.4 Å². The van der Waals surface area contributed by atoms with Crippen LogP contribution in [0.3, 0.4) is 0 Å². The van der Waals surface area contributed by atoms with Crippen LogP contribution >= 0.6 is 24.0 Å². The smallest absolute Gasteiger partial charge is 0.211 e. The fourth-order valence-corrected chi connectivity index (χ4v) is 2.27. The maximum atomic E-state index is 11.3. The summed E-state index contributed by atoms with van der Waals surface area (Å²) in [4.78, 5) is 4.31. The molecule has 0 aliphatic rings. The van der Waals surface area contributed by atoms with Crippen LogP contribution in [0.4, 0.5) is 0 Å². The van der Waals surface area contributed by atoms with Crippen molar-refractivity contribution in [3.05, 3.63) is 30.3 Å². The van der Waals surface area contributed by atoms with Crippen molar-refractivity contribution in [3.63, 3.8) is 0 Å². The number of sulfonamides is 1. The molecule has 0 amide bonds. The second kappa shape index (κ2) is 13.2. The largest absolute Gasteiger partial charge is 0.492 e.